The molecular weight excluding hydrogens is 294 g/mol. The van der Waals surface area contributed by atoms with E-state index in [0.717, 1.165) is 5.56 Å². The van der Waals surface area contributed by atoms with Gasteiger partial charge in [-0.1, -0.05) is 30.3 Å². The summed E-state index contributed by atoms with van der Waals surface area (Å²) in [5, 5.41) is 2.75. The van der Waals surface area contributed by atoms with Crippen LogP contribution in [0.5, 0.6) is 5.75 Å². The van der Waals surface area contributed by atoms with E-state index in [-0.39, 0.29) is 11.5 Å². The van der Waals surface area contributed by atoms with E-state index in [1.807, 2.05) is 25.1 Å². The van der Waals surface area contributed by atoms with Crippen LogP contribution >= 0.6 is 0 Å². The lowest BCUT2D eigenvalue weighted by molar-refractivity contribution is -0.123. The first kappa shape index (κ1) is 16.5. The van der Waals surface area contributed by atoms with Crippen LogP contribution in [0, 0.1) is 6.92 Å². The van der Waals surface area contributed by atoms with Crippen LogP contribution in [0.25, 0.3) is 0 Å². The predicted octanol–water partition coefficient (Wildman–Crippen LogP) is 3.19. The van der Waals surface area contributed by atoms with E-state index >= 15 is 0 Å². The van der Waals surface area contributed by atoms with Crippen LogP contribution in [0.4, 0.5) is 5.69 Å². The van der Waals surface area contributed by atoms with E-state index in [9.17, 15) is 9.59 Å². The highest BCUT2D eigenvalue weighted by molar-refractivity contribution is 5.98. The number of para-hydroxylation sites is 2. The third-order valence-electron chi connectivity index (χ3n) is 3.38. The Bertz CT molecular complexity index is 712. The maximum atomic E-state index is 12.2. The topological polar surface area (TPSA) is 64.6 Å². The van der Waals surface area contributed by atoms with Crippen molar-refractivity contribution in [1.82, 2.24) is 0 Å². The van der Waals surface area contributed by atoms with Crippen LogP contribution in [0.2, 0.25) is 0 Å². The molecule has 0 fully saturated rings. The van der Waals surface area contributed by atoms with E-state index < -0.39 is 12.1 Å². The van der Waals surface area contributed by atoms with Crippen LogP contribution in [0.3, 0.4) is 0 Å². The van der Waals surface area contributed by atoms with Gasteiger partial charge in [0, 0.05) is 5.69 Å². The number of nitrogens with one attached hydrogen (secondary N) is 1. The Morgan fingerprint density at radius 1 is 1.04 bits per heavy atom. The molecule has 5 nitrogen and oxygen atoms in total. The normalized spacial score (nSPS) is 11.4. The molecule has 0 bridgehead atoms. The molecule has 2 aromatic rings. The Morgan fingerprint density at radius 3 is 2.39 bits per heavy atom. The number of benzene rings is 2. The van der Waals surface area contributed by atoms with Crippen LogP contribution in [0.15, 0.2) is 48.5 Å². The van der Waals surface area contributed by atoms with Gasteiger partial charge in [-0.2, -0.15) is 0 Å². The molecule has 0 radical (unpaired) electrons. The molecule has 0 unspecified atom stereocenters. The van der Waals surface area contributed by atoms with Crippen LogP contribution < -0.4 is 10.1 Å². The molecule has 0 aromatic heterocycles. The number of esters is 1. The van der Waals surface area contributed by atoms with Crippen molar-refractivity contribution in [1.29, 1.82) is 0 Å². The van der Waals surface area contributed by atoms with Gasteiger partial charge in [0.25, 0.3) is 5.91 Å². The minimum atomic E-state index is -0.924. The largest absolute Gasteiger partial charge is 0.496 e. The second kappa shape index (κ2) is 7.45. The lowest BCUT2D eigenvalue weighted by Gasteiger charge is -2.15. The first-order valence-electron chi connectivity index (χ1n) is 7.23. The summed E-state index contributed by atoms with van der Waals surface area (Å²) in [4.78, 5) is 24.3. The van der Waals surface area contributed by atoms with Crippen molar-refractivity contribution < 1.29 is 19.1 Å². The van der Waals surface area contributed by atoms with Crippen molar-refractivity contribution in [3.8, 4) is 5.75 Å². The van der Waals surface area contributed by atoms with Gasteiger partial charge in [-0.05, 0) is 37.6 Å². The Labute approximate surface area is 135 Å². The maximum Gasteiger partial charge on any atom is 0.342 e. The number of hydrogen-bond donors (Lipinski definition) is 1. The van der Waals surface area contributed by atoms with E-state index in [1.54, 1.807) is 30.3 Å². The molecule has 0 saturated heterocycles. The SMILES string of the molecule is COc1ccccc1C(=O)O[C@@H](C)C(=O)Nc1ccccc1C. The number of anilines is 1. The average Bonchev–Trinajstić information content (AvgIpc) is 2.56. The molecule has 0 saturated carbocycles. The van der Waals surface area contributed by atoms with E-state index in [2.05, 4.69) is 5.32 Å². The van der Waals surface area contributed by atoms with Crippen LogP contribution in [-0.4, -0.2) is 25.1 Å². The number of ether oxygens (including phenoxy) is 2. The van der Waals surface area contributed by atoms with Crippen molar-refractivity contribution in [2.24, 2.45) is 0 Å². The average molecular weight is 313 g/mol. The van der Waals surface area contributed by atoms with Crippen LogP contribution in [-0.2, 0) is 9.53 Å². The first-order chi connectivity index (χ1) is 11.0. The van der Waals surface area contributed by atoms with E-state index in [1.165, 1.54) is 14.0 Å². The molecule has 2 aromatic carbocycles. The zero-order valence-electron chi connectivity index (χ0n) is 13.3. The molecule has 5 heteroatoms. The van der Waals surface area contributed by atoms with Gasteiger partial charge < -0.3 is 14.8 Å². The summed E-state index contributed by atoms with van der Waals surface area (Å²) in [5.41, 5.74) is 1.91. The fraction of sp³-hybridized carbons (Fsp3) is 0.222. The molecule has 0 aliphatic heterocycles. The summed E-state index contributed by atoms with van der Waals surface area (Å²) in [6.45, 7) is 3.42. The van der Waals surface area contributed by atoms with Gasteiger partial charge >= 0.3 is 5.97 Å². The molecule has 1 N–H and O–H groups in total. The molecule has 120 valence electrons. The number of rotatable bonds is 5. The highest BCUT2D eigenvalue weighted by Gasteiger charge is 2.21. The quantitative estimate of drug-likeness (QED) is 0.861. The number of amides is 1. The van der Waals surface area contributed by atoms with Gasteiger partial charge in [0.15, 0.2) is 6.10 Å². The molecule has 0 heterocycles. The molecule has 0 aliphatic carbocycles. The van der Waals surface area contributed by atoms with Crippen molar-refractivity contribution in [3.05, 3.63) is 59.7 Å². The highest BCUT2D eigenvalue weighted by atomic mass is 16.5. The summed E-state index contributed by atoms with van der Waals surface area (Å²) in [5.74, 6) is -0.582. The standard InChI is InChI=1S/C18H19NO4/c1-12-8-4-6-10-15(12)19-17(20)13(2)23-18(21)14-9-5-7-11-16(14)22-3/h4-11,13H,1-3H3,(H,19,20)/t13-/m0/s1. The van der Waals surface area contributed by atoms with E-state index in [4.69, 9.17) is 9.47 Å². The fourth-order valence-corrected chi connectivity index (χ4v) is 2.04. The number of carbonyl (C=O) groups excluding carboxylic acids is 2. The maximum absolute atomic E-state index is 12.2. The van der Waals surface area contributed by atoms with Crippen molar-refractivity contribution >= 4 is 17.6 Å². The Morgan fingerprint density at radius 2 is 1.70 bits per heavy atom. The summed E-state index contributed by atoms with van der Waals surface area (Å²) in [6.07, 6.45) is -0.924. The lowest BCUT2D eigenvalue weighted by Crippen LogP contribution is -2.30. The van der Waals surface area contributed by atoms with Gasteiger partial charge in [-0.15, -0.1) is 0 Å². The zero-order chi connectivity index (χ0) is 16.8. The molecule has 23 heavy (non-hydrogen) atoms. The molecule has 0 aliphatic rings. The molecule has 1 atom stereocenters. The molecule has 2 rings (SSSR count). The smallest absolute Gasteiger partial charge is 0.342 e. The number of carbonyl (C=O) groups is 2. The third-order valence-corrected chi connectivity index (χ3v) is 3.38. The summed E-state index contributed by atoms with van der Waals surface area (Å²) in [7, 11) is 1.47. The van der Waals surface area contributed by atoms with Gasteiger partial charge in [0.2, 0.25) is 0 Å². The Balaban J connectivity index is 2.03. The van der Waals surface area contributed by atoms with Gasteiger partial charge in [0.1, 0.15) is 11.3 Å². The second-order valence-corrected chi connectivity index (χ2v) is 5.05. The minimum Gasteiger partial charge on any atom is -0.496 e. The van der Waals surface area contributed by atoms with Crippen LogP contribution in [0.1, 0.15) is 22.8 Å². The summed E-state index contributed by atoms with van der Waals surface area (Å²) < 4.78 is 10.3. The zero-order valence-corrected chi connectivity index (χ0v) is 13.3. The van der Waals surface area contributed by atoms with Crippen molar-refractivity contribution in [2.45, 2.75) is 20.0 Å². The van der Waals surface area contributed by atoms with E-state index in [0.29, 0.717) is 11.4 Å². The Hall–Kier alpha value is -2.82. The lowest BCUT2D eigenvalue weighted by atomic mass is 10.2. The van der Waals surface area contributed by atoms with Gasteiger partial charge in [-0.3, -0.25) is 4.79 Å². The number of methoxy groups -OCH3 is 1. The highest BCUT2D eigenvalue weighted by Crippen LogP contribution is 2.19. The Kier molecular flexibility index (Phi) is 5.36. The minimum absolute atomic E-state index is 0.283. The molecule has 0 spiro atoms. The first-order valence-corrected chi connectivity index (χ1v) is 7.23. The van der Waals surface area contributed by atoms with Gasteiger partial charge in [-0.25, -0.2) is 4.79 Å². The number of aryl methyl sites for hydroxylation is 1. The summed E-state index contributed by atoms with van der Waals surface area (Å²) >= 11 is 0. The summed E-state index contributed by atoms with van der Waals surface area (Å²) in [6, 6.07) is 14.1. The van der Waals surface area contributed by atoms with Crippen molar-refractivity contribution in [3.63, 3.8) is 0 Å². The second-order valence-electron chi connectivity index (χ2n) is 5.05. The molecule has 1 amide bonds. The third kappa shape index (κ3) is 4.10. The van der Waals surface area contributed by atoms with Crippen molar-refractivity contribution in [2.75, 3.05) is 12.4 Å². The molecular formula is C18H19NO4. The number of hydrogen-bond acceptors (Lipinski definition) is 4. The fourth-order valence-electron chi connectivity index (χ4n) is 2.04. The monoisotopic (exact) mass is 313 g/mol. The van der Waals surface area contributed by atoms with Gasteiger partial charge in [0.05, 0.1) is 7.11 Å². The predicted molar refractivity (Wildman–Crippen MR) is 87.7 cm³/mol.